The van der Waals surface area contributed by atoms with E-state index in [0.29, 0.717) is 83.7 Å². The number of nitrogens with one attached hydrogen (secondary N) is 1. The normalized spacial score (nSPS) is 11.7. The third kappa shape index (κ3) is 28.9. The van der Waals surface area contributed by atoms with Crippen molar-refractivity contribution in [2.75, 3.05) is 36.7 Å². The molecule has 538 valence electrons. The van der Waals surface area contributed by atoms with E-state index in [4.69, 9.17) is 66.5 Å². The number of nitriles is 1. The molecule has 32 heteroatoms. The molecule has 3 heterocycles. The van der Waals surface area contributed by atoms with Crippen LogP contribution in [-0.4, -0.2) is 99.0 Å². The van der Waals surface area contributed by atoms with Gasteiger partial charge in [0.1, 0.15) is 6.07 Å². The fourth-order valence-corrected chi connectivity index (χ4v) is 12.0. The van der Waals surface area contributed by atoms with Gasteiger partial charge < -0.3 is 61.1 Å². The molecule has 0 bridgehead atoms. The summed E-state index contributed by atoms with van der Waals surface area (Å²) in [4.78, 5) is 19.7. The van der Waals surface area contributed by atoms with Crippen LogP contribution in [0.25, 0.3) is 10.9 Å². The summed E-state index contributed by atoms with van der Waals surface area (Å²) in [5.74, 6) is 0.0267. The summed E-state index contributed by atoms with van der Waals surface area (Å²) < 4.78 is 112. The minimum absolute atomic E-state index is 0.0392. The first-order valence-electron chi connectivity index (χ1n) is 30.6. The van der Waals surface area contributed by atoms with Gasteiger partial charge in [0.2, 0.25) is 10.0 Å². The number of sulfonamides is 1. The number of primary sulfonamides is 1. The molecule has 21 N–H and O–H groups in total. The van der Waals surface area contributed by atoms with Crippen molar-refractivity contribution in [2.45, 2.75) is 96.7 Å². The number of benzene rings is 7. The van der Waals surface area contributed by atoms with Crippen molar-refractivity contribution in [1.82, 2.24) is 9.97 Å². The molecule has 9 aromatic rings. The summed E-state index contributed by atoms with van der Waals surface area (Å²) in [6, 6.07) is 50.3. The van der Waals surface area contributed by atoms with Crippen molar-refractivity contribution in [2.24, 2.45) is 61.2 Å². The average Bonchev–Trinajstić information content (AvgIpc) is 1.19. The van der Waals surface area contributed by atoms with E-state index in [1.54, 1.807) is 135 Å². The van der Waals surface area contributed by atoms with E-state index < -0.39 is 55.4 Å². The molecule has 0 saturated carbocycles. The number of hydrogen-bond acceptors (Lipinski definition) is 25. The second-order valence-corrected chi connectivity index (χ2v) is 31.5. The van der Waals surface area contributed by atoms with Crippen molar-refractivity contribution in [3.63, 3.8) is 0 Å². The lowest BCUT2D eigenvalue weighted by atomic mass is 10.1. The minimum atomic E-state index is -3.57. The van der Waals surface area contributed by atoms with Gasteiger partial charge in [0.05, 0.1) is 84.5 Å². The van der Waals surface area contributed by atoms with E-state index in [0.717, 1.165) is 50.1 Å². The van der Waals surface area contributed by atoms with Crippen molar-refractivity contribution in [3.8, 4) is 6.07 Å². The zero-order chi connectivity index (χ0) is 74.7. The van der Waals surface area contributed by atoms with Gasteiger partial charge in [-0.3, -0.25) is 9.78 Å². The summed E-state index contributed by atoms with van der Waals surface area (Å²) in [5, 5.41) is 39.2. The number of azo groups is 1. The number of sulfone groups is 4. The van der Waals surface area contributed by atoms with Crippen molar-refractivity contribution < 1.29 is 52.3 Å². The predicted octanol–water partition coefficient (Wildman–Crippen LogP) is 4.81. The quantitative estimate of drug-likeness (QED) is 0.0548. The third-order valence-corrected chi connectivity index (χ3v) is 21.4. The van der Waals surface area contributed by atoms with Crippen molar-refractivity contribution in [3.05, 3.63) is 254 Å². The number of pyridine rings is 2. The Labute approximate surface area is 584 Å². The number of aromatic amines is 1. The van der Waals surface area contributed by atoms with Gasteiger partial charge in [-0.25, -0.2) is 47.2 Å². The van der Waals surface area contributed by atoms with Crippen LogP contribution in [-0.2, 0) is 102 Å². The zero-order valence-corrected chi connectivity index (χ0v) is 59.7. The molecular formula is C68H88N14O13S5. The molecule has 0 amide bonds. The zero-order valence-electron chi connectivity index (χ0n) is 55.6. The number of fused-ring (bicyclic) bond motifs is 2. The minimum Gasteiger partial charge on any atom is -0.395 e. The first-order chi connectivity index (χ1) is 47.3. The molecule has 1 aliphatic heterocycles. The molecule has 10 rings (SSSR count). The second kappa shape index (κ2) is 42.4. The lowest BCUT2D eigenvalue weighted by Gasteiger charge is -2.05. The number of aliphatic hydroxyl groups excluding tert-OH is 2. The molecule has 0 fully saturated rings. The highest BCUT2D eigenvalue weighted by molar-refractivity contribution is 7.92. The van der Waals surface area contributed by atoms with Gasteiger partial charge in [-0.15, -0.1) is 0 Å². The molecule has 1 atom stereocenters. The summed E-state index contributed by atoms with van der Waals surface area (Å²) in [5.41, 5.74) is 54.2. The van der Waals surface area contributed by atoms with Gasteiger partial charge >= 0.3 is 0 Å². The summed E-state index contributed by atoms with van der Waals surface area (Å²) in [7, 11) is -16.1. The Balaban J connectivity index is 0.000000297. The molecule has 0 saturated heterocycles. The highest BCUT2D eigenvalue weighted by atomic mass is 32.2. The Bertz CT molecular complexity index is 4570. The Morgan fingerprint density at radius 3 is 1.26 bits per heavy atom. The summed E-state index contributed by atoms with van der Waals surface area (Å²) in [6.07, 6.45) is 4.26. The topological polar surface area (TPSA) is 540 Å². The Hall–Kier alpha value is -8.70. The van der Waals surface area contributed by atoms with Crippen LogP contribution in [0.1, 0.15) is 75.7 Å². The van der Waals surface area contributed by atoms with Crippen LogP contribution in [0.5, 0.6) is 0 Å². The number of H-pyrrole nitrogens is 1. The Kier molecular flexibility index (Phi) is 36.3. The number of nitrogens with two attached hydrogens (primary N) is 9. The fourth-order valence-electron chi connectivity index (χ4n) is 8.07. The van der Waals surface area contributed by atoms with Crippen LogP contribution in [0, 0.1) is 11.3 Å². The maximum Gasteiger partial charge on any atom is 0.238 e. The predicted molar refractivity (Wildman–Crippen MR) is 389 cm³/mol. The first kappa shape index (κ1) is 85.5. The molecule has 0 radical (unpaired) electrons. The smallest absolute Gasteiger partial charge is 0.238 e. The first-order valence-corrected chi connectivity index (χ1v) is 38.9. The number of aliphatic hydroxyl groups is 2. The molecule has 27 nitrogen and oxygen atoms in total. The van der Waals surface area contributed by atoms with Crippen LogP contribution >= 0.6 is 0 Å². The number of nitrogens with zero attached hydrogens (tertiary/aromatic N) is 4. The summed E-state index contributed by atoms with van der Waals surface area (Å²) in [6.45, 7) is 6.65. The highest BCUT2D eigenvalue weighted by Gasteiger charge is 2.15. The van der Waals surface area contributed by atoms with Crippen LogP contribution in [0.3, 0.4) is 0 Å². The van der Waals surface area contributed by atoms with Crippen molar-refractivity contribution in [1.29, 1.82) is 5.26 Å². The lowest BCUT2D eigenvalue weighted by Crippen LogP contribution is -2.15. The monoisotopic (exact) mass is 1470 g/mol. The van der Waals surface area contributed by atoms with Crippen LogP contribution in [0.4, 0.5) is 5.69 Å². The van der Waals surface area contributed by atoms with Crippen LogP contribution < -0.4 is 56.4 Å². The highest BCUT2D eigenvalue weighted by Crippen LogP contribution is 2.27. The van der Waals surface area contributed by atoms with Crippen LogP contribution in [0.15, 0.2) is 228 Å². The molecule has 2 aromatic heterocycles. The SMILES string of the molecule is CCS(=O)(=O)c1ccc(CN)cc1.CCS(=O)(=O)c1ccc(CN)cc1.CS(=O)(=O)c1ccc(CN)cc1.N#Cc1ccc([C@@H](N)CO)nc1.NCc1ccc(S(=O)(=O)CCO)cc1.NCc1ccc(S(N)(=O)=O)cc1.NCc1ccc2c(=O)cc[nH]c2c1.NCc1ccc2c(c1)CN=N2. The number of rotatable bonds is 18. The number of hydrogen-bond donors (Lipinski definition) is 12. The average molecular weight is 1470 g/mol. The second-order valence-electron chi connectivity index (χ2n) is 21.3. The molecule has 0 aliphatic carbocycles. The molecule has 7 aromatic carbocycles. The van der Waals surface area contributed by atoms with Crippen molar-refractivity contribution >= 4 is 66.0 Å². The maximum absolute atomic E-state index is 11.4. The lowest BCUT2D eigenvalue weighted by molar-refractivity contribution is 0.266. The van der Waals surface area contributed by atoms with E-state index in [1.165, 1.54) is 48.3 Å². The molecule has 1 aliphatic rings. The maximum atomic E-state index is 11.4. The number of aromatic nitrogens is 2. The van der Waals surface area contributed by atoms with Gasteiger partial charge in [0.15, 0.2) is 44.8 Å². The standard InChI is InChI=1S/C10H10N2O.C9H13NO3S.2C9H13NO2S.C8H9N3O.C8H9N3.C8H11NO2S.C7H10N2O2S/c11-6-7-1-2-8-9(5-7)12-4-3-10(8)13;10-7-8-1-3-9(4-2-8)14(12,13)6-5-11;2*1-2-13(11,12)9-5-3-8(7-10)4-6-9;9-3-6-1-2-8(11-4-6)7(10)5-12;9-4-6-1-2-8-7(3-6)5-10-11-8;1-12(10,11)8-4-2-7(6-9)3-5-8;8-5-6-1-3-7(4-2-6)12(9,10)11/h1-5H,6,11H2,(H,12,13);1-4,11H,5-7,10H2;2*3-6H,2,7,10H2,1H3;1-2,4,7,12H,5,10H2;1-3H,4-5,9H2;2-5H,6,9H2,1H3;1-4H,5,8H2,(H2,9,10,11)/t;;;;7-;;;/m....0.../s1. The molecule has 0 unspecified atom stereocenters. The van der Waals surface area contributed by atoms with E-state index in [9.17, 15) is 46.9 Å². The Morgan fingerprint density at radius 1 is 0.510 bits per heavy atom. The van der Waals surface area contributed by atoms with Gasteiger partial charge in [0, 0.05) is 87.0 Å². The third-order valence-electron chi connectivity index (χ3n) is 14.1. The summed E-state index contributed by atoms with van der Waals surface area (Å²) >= 11 is 0. The Morgan fingerprint density at radius 2 is 0.900 bits per heavy atom. The van der Waals surface area contributed by atoms with Gasteiger partial charge in [-0.1, -0.05) is 92.7 Å². The van der Waals surface area contributed by atoms with Gasteiger partial charge in [-0.2, -0.15) is 15.5 Å². The molecule has 0 spiro atoms. The molecular weight excluding hydrogens is 1380 g/mol. The molecule has 100 heavy (non-hydrogen) atoms. The van der Waals surface area contributed by atoms with Gasteiger partial charge in [0.25, 0.3) is 0 Å². The fraction of sp³-hybridized carbons (Fsp3) is 0.250. The van der Waals surface area contributed by atoms with Crippen LogP contribution in [0.2, 0.25) is 0 Å². The van der Waals surface area contributed by atoms with E-state index in [-0.39, 0.29) is 45.7 Å². The van der Waals surface area contributed by atoms with E-state index in [1.807, 2.05) is 30.3 Å². The van der Waals surface area contributed by atoms with E-state index >= 15 is 0 Å². The van der Waals surface area contributed by atoms with Gasteiger partial charge in [-0.05, 0) is 130 Å². The van der Waals surface area contributed by atoms with E-state index in [2.05, 4.69) is 26.3 Å². The largest absolute Gasteiger partial charge is 0.395 e.